The van der Waals surface area contributed by atoms with Crippen LogP contribution < -0.4 is 5.32 Å². The number of hydrogen-bond donors (Lipinski definition) is 2. The molecule has 0 saturated carbocycles. The highest BCUT2D eigenvalue weighted by Crippen LogP contribution is 2.22. The number of hydrogen-bond acceptors (Lipinski definition) is 3. The number of nitrogens with one attached hydrogen (secondary N) is 1. The minimum absolute atomic E-state index is 0.0295. The third kappa shape index (κ3) is 3.17. The molecule has 0 unspecified atom stereocenters. The molecule has 108 valence electrons. The standard InChI is InChI=1S/C14H10ClFN2O3/c1-7-5-10(15)9(6-17-7)13(19)18-12-8(14(20)21)3-2-4-11(12)16/h2-6H,1H3,(H,18,19)(H,20,21). The summed E-state index contributed by atoms with van der Waals surface area (Å²) >= 11 is 5.92. The average molecular weight is 309 g/mol. The van der Waals surface area contributed by atoms with Gasteiger partial charge in [0.1, 0.15) is 5.82 Å². The smallest absolute Gasteiger partial charge is 0.337 e. The van der Waals surface area contributed by atoms with Gasteiger partial charge in [-0.2, -0.15) is 0 Å². The lowest BCUT2D eigenvalue weighted by molar-refractivity contribution is 0.0697. The van der Waals surface area contributed by atoms with Crippen molar-refractivity contribution in [1.82, 2.24) is 4.98 Å². The zero-order valence-corrected chi connectivity index (χ0v) is 11.6. The van der Waals surface area contributed by atoms with Crippen molar-refractivity contribution in [3.63, 3.8) is 0 Å². The molecule has 2 rings (SSSR count). The summed E-state index contributed by atoms with van der Waals surface area (Å²) in [7, 11) is 0. The Kier molecular flexibility index (Phi) is 4.18. The number of carboxylic acid groups (broad SMARTS) is 1. The van der Waals surface area contributed by atoms with Crippen LogP contribution in [-0.4, -0.2) is 22.0 Å². The number of aromatic nitrogens is 1. The Bertz CT molecular complexity index is 734. The van der Waals surface area contributed by atoms with Crippen LogP contribution in [0.5, 0.6) is 0 Å². The summed E-state index contributed by atoms with van der Waals surface area (Å²) in [6, 6.07) is 4.97. The number of halogens is 2. The third-order valence-corrected chi connectivity index (χ3v) is 3.03. The molecule has 0 aliphatic carbocycles. The summed E-state index contributed by atoms with van der Waals surface area (Å²) in [5, 5.41) is 11.4. The molecule has 0 aliphatic rings. The van der Waals surface area contributed by atoms with E-state index in [1.54, 1.807) is 6.92 Å². The highest BCUT2D eigenvalue weighted by Gasteiger charge is 2.19. The van der Waals surface area contributed by atoms with Gasteiger partial charge in [0.15, 0.2) is 0 Å². The van der Waals surface area contributed by atoms with Gasteiger partial charge in [0.2, 0.25) is 0 Å². The van der Waals surface area contributed by atoms with E-state index in [0.29, 0.717) is 5.69 Å². The Balaban J connectivity index is 2.38. The Morgan fingerprint density at radius 1 is 1.33 bits per heavy atom. The predicted octanol–water partition coefficient (Wildman–Crippen LogP) is 3.13. The molecule has 0 atom stereocenters. The lowest BCUT2D eigenvalue weighted by atomic mass is 10.1. The number of aryl methyl sites for hydroxylation is 1. The molecule has 0 fully saturated rings. The fourth-order valence-corrected chi connectivity index (χ4v) is 2.00. The van der Waals surface area contributed by atoms with Crippen molar-refractivity contribution in [2.45, 2.75) is 6.92 Å². The van der Waals surface area contributed by atoms with Crippen molar-refractivity contribution >= 4 is 29.2 Å². The van der Waals surface area contributed by atoms with Gasteiger partial charge >= 0.3 is 5.97 Å². The number of amides is 1. The molecule has 0 spiro atoms. The van der Waals surface area contributed by atoms with E-state index in [-0.39, 0.29) is 16.1 Å². The van der Waals surface area contributed by atoms with E-state index >= 15 is 0 Å². The molecule has 1 aromatic carbocycles. The molecule has 0 aliphatic heterocycles. The summed E-state index contributed by atoms with van der Waals surface area (Å²) in [5.41, 5.74) is -0.110. The van der Waals surface area contributed by atoms with Gasteiger partial charge in [-0.05, 0) is 25.1 Å². The number of para-hydroxylation sites is 1. The van der Waals surface area contributed by atoms with E-state index in [2.05, 4.69) is 10.3 Å². The van der Waals surface area contributed by atoms with Crippen molar-refractivity contribution in [3.05, 3.63) is 58.1 Å². The van der Waals surface area contributed by atoms with Gasteiger partial charge in [0.05, 0.1) is 21.8 Å². The SMILES string of the molecule is Cc1cc(Cl)c(C(=O)Nc2c(F)cccc2C(=O)O)cn1. The Morgan fingerprint density at radius 3 is 2.67 bits per heavy atom. The number of carbonyl (C=O) groups excluding carboxylic acids is 1. The van der Waals surface area contributed by atoms with Crippen LogP contribution in [0, 0.1) is 12.7 Å². The molecule has 2 aromatic rings. The number of benzene rings is 1. The van der Waals surface area contributed by atoms with Crippen LogP contribution in [0.3, 0.4) is 0 Å². The molecule has 5 nitrogen and oxygen atoms in total. The molecule has 7 heteroatoms. The second kappa shape index (κ2) is 5.88. The van der Waals surface area contributed by atoms with Gasteiger partial charge in [-0.15, -0.1) is 0 Å². The molecule has 0 bridgehead atoms. The first-order valence-electron chi connectivity index (χ1n) is 5.85. The molecule has 0 radical (unpaired) electrons. The van der Waals surface area contributed by atoms with Crippen LogP contribution in [0.2, 0.25) is 5.02 Å². The van der Waals surface area contributed by atoms with Crippen molar-refractivity contribution in [2.75, 3.05) is 5.32 Å². The van der Waals surface area contributed by atoms with E-state index in [0.717, 1.165) is 6.07 Å². The molecular weight excluding hydrogens is 299 g/mol. The summed E-state index contributed by atoms with van der Waals surface area (Å²) in [4.78, 5) is 27.1. The van der Waals surface area contributed by atoms with Crippen LogP contribution in [0.25, 0.3) is 0 Å². The van der Waals surface area contributed by atoms with E-state index in [4.69, 9.17) is 16.7 Å². The number of rotatable bonds is 3. The summed E-state index contributed by atoms with van der Waals surface area (Å²) in [6.45, 7) is 1.70. The number of pyridine rings is 1. The first kappa shape index (κ1) is 14.9. The topological polar surface area (TPSA) is 79.3 Å². The number of carboxylic acids is 1. The zero-order chi connectivity index (χ0) is 15.6. The third-order valence-electron chi connectivity index (χ3n) is 2.72. The highest BCUT2D eigenvalue weighted by molar-refractivity contribution is 6.34. The predicted molar refractivity (Wildman–Crippen MR) is 75.3 cm³/mol. The van der Waals surface area contributed by atoms with E-state index in [1.807, 2.05) is 0 Å². The second-order valence-corrected chi connectivity index (χ2v) is 4.63. The number of anilines is 1. The minimum atomic E-state index is -1.35. The van der Waals surface area contributed by atoms with Crippen LogP contribution >= 0.6 is 11.6 Å². The fraction of sp³-hybridized carbons (Fsp3) is 0.0714. The van der Waals surface area contributed by atoms with Crippen LogP contribution in [0.15, 0.2) is 30.5 Å². The molecule has 1 aromatic heterocycles. The van der Waals surface area contributed by atoms with Crippen molar-refractivity contribution < 1.29 is 19.1 Å². The van der Waals surface area contributed by atoms with Crippen LogP contribution in [0.4, 0.5) is 10.1 Å². The Morgan fingerprint density at radius 2 is 2.05 bits per heavy atom. The van der Waals surface area contributed by atoms with E-state index < -0.39 is 23.4 Å². The minimum Gasteiger partial charge on any atom is -0.478 e. The molecule has 2 N–H and O–H groups in total. The van der Waals surface area contributed by atoms with Gasteiger partial charge in [-0.1, -0.05) is 17.7 Å². The number of carbonyl (C=O) groups is 2. The average Bonchev–Trinajstić information content (AvgIpc) is 2.40. The lowest BCUT2D eigenvalue weighted by Gasteiger charge is -2.10. The van der Waals surface area contributed by atoms with Gasteiger partial charge in [0, 0.05) is 11.9 Å². The highest BCUT2D eigenvalue weighted by atomic mass is 35.5. The molecule has 0 saturated heterocycles. The maximum Gasteiger partial charge on any atom is 0.337 e. The van der Waals surface area contributed by atoms with Gasteiger partial charge < -0.3 is 10.4 Å². The normalized spacial score (nSPS) is 10.2. The van der Waals surface area contributed by atoms with Crippen molar-refractivity contribution in [3.8, 4) is 0 Å². The maximum absolute atomic E-state index is 13.7. The van der Waals surface area contributed by atoms with Crippen LogP contribution in [-0.2, 0) is 0 Å². The fourth-order valence-electron chi connectivity index (χ4n) is 1.70. The van der Waals surface area contributed by atoms with E-state index in [9.17, 15) is 14.0 Å². The van der Waals surface area contributed by atoms with Crippen LogP contribution in [0.1, 0.15) is 26.4 Å². The van der Waals surface area contributed by atoms with Gasteiger partial charge in [-0.3, -0.25) is 9.78 Å². The zero-order valence-electron chi connectivity index (χ0n) is 10.9. The van der Waals surface area contributed by atoms with Gasteiger partial charge in [-0.25, -0.2) is 9.18 Å². The maximum atomic E-state index is 13.7. The molecule has 1 heterocycles. The Labute approximate surface area is 124 Å². The van der Waals surface area contributed by atoms with E-state index in [1.165, 1.54) is 24.4 Å². The van der Waals surface area contributed by atoms with Gasteiger partial charge in [0.25, 0.3) is 5.91 Å². The number of aromatic carboxylic acids is 1. The monoisotopic (exact) mass is 308 g/mol. The van der Waals surface area contributed by atoms with Crippen molar-refractivity contribution in [1.29, 1.82) is 0 Å². The largest absolute Gasteiger partial charge is 0.478 e. The number of nitrogens with zero attached hydrogens (tertiary/aromatic N) is 1. The Hall–Kier alpha value is -2.47. The summed E-state index contributed by atoms with van der Waals surface area (Å²) in [5.74, 6) is -2.93. The quantitative estimate of drug-likeness (QED) is 0.913. The molecular formula is C14H10ClFN2O3. The summed E-state index contributed by atoms with van der Waals surface area (Å²) < 4.78 is 13.7. The molecule has 21 heavy (non-hydrogen) atoms. The van der Waals surface area contributed by atoms with Crippen molar-refractivity contribution in [2.24, 2.45) is 0 Å². The first-order valence-corrected chi connectivity index (χ1v) is 6.23. The second-order valence-electron chi connectivity index (χ2n) is 4.23. The lowest BCUT2D eigenvalue weighted by Crippen LogP contribution is -2.17. The molecule has 1 amide bonds. The first-order chi connectivity index (χ1) is 9.90. The summed E-state index contributed by atoms with van der Waals surface area (Å²) in [6.07, 6.45) is 1.24.